The number of para-hydroxylation sites is 1. The molecule has 1 aliphatic rings. The van der Waals surface area contributed by atoms with Gasteiger partial charge in [-0.2, -0.15) is 0 Å². The second kappa shape index (κ2) is 7.75. The maximum absolute atomic E-state index is 12.8. The van der Waals surface area contributed by atoms with Gasteiger partial charge in [0.15, 0.2) is 0 Å². The Morgan fingerprint density at radius 3 is 2.68 bits per heavy atom. The Labute approximate surface area is 147 Å². The molecule has 0 aliphatic carbocycles. The summed E-state index contributed by atoms with van der Waals surface area (Å²) in [7, 11) is 0. The van der Waals surface area contributed by atoms with Crippen LogP contribution in [0, 0.1) is 0 Å². The zero-order chi connectivity index (χ0) is 17.6. The number of pyridine rings is 1. The quantitative estimate of drug-likeness (QED) is 0.790. The van der Waals surface area contributed by atoms with Gasteiger partial charge in [-0.25, -0.2) is 0 Å². The van der Waals surface area contributed by atoms with E-state index in [1.165, 1.54) is 6.08 Å². The molecular weight excluding hydrogens is 314 g/mol. The second-order valence-electron chi connectivity index (χ2n) is 5.84. The number of benzene rings is 1. The third-order valence-electron chi connectivity index (χ3n) is 4.33. The Kier molecular flexibility index (Phi) is 5.23. The minimum absolute atomic E-state index is 0.0207. The Bertz CT molecular complexity index is 759. The third kappa shape index (κ3) is 3.76. The summed E-state index contributed by atoms with van der Waals surface area (Å²) in [5.41, 5.74) is 1.60. The van der Waals surface area contributed by atoms with Gasteiger partial charge >= 0.3 is 0 Å². The number of amides is 2. The molecule has 5 nitrogen and oxygen atoms in total. The van der Waals surface area contributed by atoms with Crippen LogP contribution in [0.3, 0.4) is 0 Å². The lowest BCUT2D eigenvalue weighted by molar-refractivity contribution is -0.134. The molecule has 1 aliphatic heterocycles. The summed E-state index contributed by atoms with van der Waals surface area (Å²) in [4.78, 5) is 32.9. The number of hydrogen-bond donors (Lipinski definition) is 0. The van der Waals surface area contributed by atoms with E-state index in [2.05, 4.69) is 4.98 Å². The molecule has 2 heterocycles. The topological polar surface area (TPSA) is 53.5 Å². The summed E-state index contributed by atoms with van der Waals surface area (Å²) in [5.74, 6) is -0.186. The number of hydrogen-bond acceptors (Lipinski definition) is 3. The first-order chi connectivity index (χ1) is 12.2. The lowest BCUT2D eigenvalue weighted by atomic mass is 10.2. The number of likely N-dealkylation sites (N-methyl/N-ethyl adjacent to an activating group) is 1. The van der Waals surface area contributed by atoms with Gasteiger partial charge in [-0.05, 0) is 43.7 Å². The van der Waals surface area contributed by atoms with Crippen LogP contribution in [-0.2, 0) is 9.59 Å². The first kappa shape index (κ1) is 16.9. The maximum Gasteiger partial charge on any atom is 0.249 e. The summed E-state index contributed by atoms with van der Waals surface area (Å²) in [6.45, 7) is 3.01. The highest BCUT2D eigenvalue weighted by Crippen LogP contribution is 2.24. The van der Waals surface area contributed by atoms with E-state index < -0.39 is 6.04 Å². The van der Waals surface area contributed by atoms with Gasteiger partial charge in [0.05, 0.1) is 5.69 Å². The summed E-state index contributed by atoms with van der Waals surface area (Å²) in [6.07, 6.45) is 5.49. The fourth-order valence-electron chi connectivity index (χ4n) is 3.08. The fraction of sp³-hybridized carbons (Fsp3) is 0.250. The number of carbonyl (C=O) groups excluding carboxylic acids is 2. The van der Waals surface area contributed by atoms with Gasteiger partial charge < -0.3 is 9.80 Å². The van der Waals surface area contributed by atoms with E-state index in [-0.39, 0.29) is 11.8 Å². The highest BCUT2D eigenvalue weighted by Gasteiger charge is 2.37. The van der Waals surface area contributed by atoms with E-state index in [1.807, 2.05) is 55.5 Å². The first-order valence-electron chi connectivity index (χ1n) is 8.47. The number of carbonyl (C=O) groups is 2. The third-order valence-corrected chi connectivity index (χ3v) is 4.33. The van der Waals surface area contributed by atoms with Crippen LogP contribution < -0.4 is 4.90 Å². The van der Waals surface area contributed by atoms with Crippen LogP contribution >= 0.6 is 0 Å². The van der Waals surface area contributed by atoms with Gasteiger partial charge in [-0.3, -0.25) is 14.6 Å². The molecule has 0 saturated carbocycles. The van der Waals surface area contributed by atoms with Gasteiger partial charge in [0.1, 0.15) is 6.04 Å². The van der Waals surface area contributed by atoms with Crippen molar-refractivity contribution in [1.29, 1.82) is 0 Å². The van der Waals surface area contributed by atoms with Crippen LogP contribution in [0.1, 0.15) is 19.0 Å². The number of rotatable bonds is 5. The number of nitrogens with zero attached hydrogens (tertiary/aromatic N) is 3. The van der Waals surface area contributed by atoms with Crippen molar-refractivity contribution in [2.45, 2.75) is 19.4 Å². The van der Waals surface area contributed by atoms with E-state index in [4.69, 9.17) is 0 Å². The molecule has 2 aromatic rings. The largest absolute Gasteiger partial charge is 0.327 e. The molecule has 3 rings (SSSR count). The molecule has 0 bridgehead atoms. The average molecular weight is 335 g/mol. The molecule has 2 amide bonds. The molecule has 0 N–H and O–H groups in total. The Morgan fingerprint density at radius 2 is 2.00 bits per heavy atom. The van der Waals surface area contributed by atoms with Gasteiger partial charge in [0.25, 0.3) is 0 Å². The molecule has 1 aromatic heterocycles. The predicted molar refractivity (Wildman–Crippen MR) is 97.9 cm³/mol. The monoisotopic (exact) mass is 335 g/mol. The number of aromatic nitrogens is 1. The predicted octanol–water partition coefficient (Wildman–Crippen LogP) is 2.75. The molecule has 1 unspecified atom stereocenters. The van der Waals surface area contributed by atoms with Crippen molar-refractivity contribution in [2.24, 2.45) is 0 Å². The van der Waals surface area contributed by atoms with E-state index in [0.29, 0.717) is 19.5 Å². The molecule has 1 fully saturated rings. The van der Waals surface area contributed by atoms with Crippen molar-refractivity contribution in [3.63, 3.8) is 0 Å². The Morgan fingerprint density at radius 1 is 1.24 bits per heavy atom. The number of anilines is 1. The minimum Gasteiger partial charge on any atom is -0.327 e. The van der Waals surface area contributed by atoms with Crippen LogP contribution in [-0.4, -0.2) is 40.8 Å². The van der Waals surface area contributed by atoms with Crippen LogP contribution in [0.2, 0.25) is 0 Å². The molecule has 5 heteroatoms. The van der Waals surface area contributed by atoms with Crippen molar-refractivity contribution in [1.82, 2.24) is 9.88 Å². The first-order valence-corrected chi connectivity index (χ1v) is 8.47. The average Bonchev–Trinajstić information content (AvgIpc) is 3.04. The zero-order valence-electron chi connectivity index (χ0n) is 14.2. The Balaban J connectivity index is 1.72. The summed E-state index contributed by atoms with van der Waals surface area (Å²) >= 11 is 0. The molecule has 1 atom stereocenters. The van der Waals surface area contributed by atoms with Crippen molar-refractivity contribution in [2.75, 3.05) is 18.0 Å². The molecule has 1 saturated heterocycles. The zero-order valence-corrected chi connectivity index (χ0v) is 14.2. The highest BCUT2D eigenvalue weighted by molar-refractivity contribution is 6.03. The summed E-state index contributed by atoms with van der Waals surface area (Å²) in [5, 5.41) is 0. The fourth-order valence-corrected chi connectivity index (χ4v) is 3.08. The van der Waals surface area contributed by atoms with Crippen molar-refractivity contribution in [3.8, 4) is 0 Å². The van der Waals surface area contributed by atoms with Crippen molar-refractivity contribution >= 4 is 23.6 Å². The lowest BCUT2D eigenvalue weighted by Gasteiger charge is -2.25. The molecule has 0 spiro atoms. The maximum atomic E-state index is 12.8. The van der Waals surface area contributed by atoms with Crippen LogP contribution in [0.25, 0.3) is 6.08 Å². The summed E-state index contributed by atoms with van der Waals surface area (Å²) < 4.78 is 0. The molecule has 25 heavy (non-hydrogen) atoms. The SMILES string of the molecule is CCN(C(=O)/C=C/c1ccccn1)C1CCN(c2ccccc2)C1=O. The minimum atomic E-state index is -0.411. The standard InChI is InChI=1S/C20H21N3O2/c1-2-22(19(24)12-11-16-8-6-7-14-21-16)18-13-15-23(20(18)25)17-9-4-3-5-10-17/h3-12,14,18H,2,13,15H2,1H3/b12-11+. The smallest absolute Gasteiger partial charge is 0.249 e. The van der Waals surface area contributed by atoms with Crippen LogP contribution in [0.4, 0.5) is 5.69 Å². The van der Waals surface area contributed by atoms with E-state index in [9.17, 15) is 9.59 Å². The summed E-state index contributed by atoms with van der Waals surface area (Å²) in [6, 6.07) is 14.7. The highest BCUT2D eigenvalue weighted by atomic mass is 16.2. The van der Waals surface area contributed by atoms with Crippen molar-refractivity contribution < 1.29 is 9.59 Å². The van der Waals surface area contributed by atoms with Gasteiger partial charge in [-0.15, -0.1) is 0 Å². The molecular formula is C20H21N3O2. The molecule has 0 radical (unpaired) electrons. The van der Waals surface area contributed by atoms with Gasteiger partial charge in [-0.1, -0.05) is 24.3 Å². The van der Waals surface area contributed by atoms with E-state index in [0.717, 1.165) is 11.4 Å². The second-order valence-corrected chi connectivity index (χ2v) is 5.84. The molecule has 1 aromatic carbocycles. The van der Waals surface area contributed by atoms with Gasteiger partial charge in [0.2, 0.25) is 11.8 Å². The normalized spacial score (nSPS) is 17.2. The Hall–Kier alpha value is -2.95. The lowest BCUT2D eigenvalue weighted by Crippen LogP contribution is -2.44. The van der Waals surface area contributed by atoms with Crippen LogP contribution in [0.15, 0.2) is 60.8 Å². The molecule has 128 valence electrons. The van der Waals surface area contributed by atoms with Gasteiger partial charge in [0, 0.05) is 31.0 Å². The van der Waals surface area contributed by atoms with E-state index in [1.54, 1.807) is 22.1 Å². The van der Waals surface area contributed by atoms with E-state index >= 15 is 0 Å². The van der Waals surface area contributed by atoms with Crippen LogP contribution in [0.5, 0.6) is 0 Å². The van der Waals surface area contributed by atoms with Crippen molar-refractivity contribution in [3.05, 3.63) is 66.5 Å².